The van der Waals surface area contributed by atoms with Gasteiger partial charge >= 0.3 is 0 Å². The molecule has 0 heterocycles. The first kappa shape index (κ1) is 15.7. The quantitative estimate of drug-likeness (QED) is 0.691. The third-order valence-electron chi connectivity index (χ3n) is 2.86. The Balaban J connectivity index is 3.06. The predicted octanol–water partition coefficient (Wildman–Crippen LogP) is 0.299. The maximum absolute atomic E-state index is 12.2. The zero-order chi connectivity index (χ0) is 15.3. The highest BCUT2D eigenvalue weighted by atomic mass is 16.2. The summed E-state index contributed by atoms with van der Waals surface area (Å²) < 4.78 is 0. The molecule has 0 unspecified atom stereocenters. The molecule has 20 heavy (non-hydrogen) atoms. The fourth-order valence-corrected chi connectivity index (χ4v) is 1.51. The Kier molecular flexibility index (Phi) is 4.89. The molecule has 0 aliphatic carbocycles. The van der Waals surface area contributed by atoms with Crippen LogP contribution in [0.25, 0.3) is 0 Å². The zero-order valence-corrected chi connectivity index (χ0v) is 11.9. The van der Waals surface area contributed by atoms with Crippen molar-refractivity contribution in [1.82, 2.24) is 5.32 Å². The molecule has 5 N–H and O–H groups in total. The largest absolute Gasteiger partial charge is 0.368 e. The standard InChI is InChI=1S/C15H19N3O2/c1-10-6-7-11(5-4-8-16)9-12(10)13(19)18-15(2,3)14(17)20/h6-7,9H,8,16H2,1-3H3,(H2,17,20)(H,18,19). The fraction of sp³-hybridized carbons (Fsp3) is 0.333. The first-order valence-corrected chi connectivity index (χ1v) is 6.20. The molecule has 1 aromatic carbocycles. The van der Waals surface area contributed by atoms with Crippen molar-refractivity contribution in [3.8, 4) is 11.8 Å². The van der Waals surface area contributed by atoms with Crippen LogP contribution in [0.2, 0.25) is 0 Å². The van der Waals surface area contributed by atoms with Gasteiger partial charge in [-0.3, -0.25) is 9.59 Å². The minimum Gasteiger partial charge on any atom is -0.368 e. The summed E-state index contributed by atoms with van der Waals surface area (Å²) in [6, 6.07) is 5.28. The van der Waals surface area contributed by atoms with E-state index < -0.39 is 11.4 Å². The number of aryl methyl sites for hydroxylation is 1. The van der Waals surface area contributed by atoms with Gasteiger partial charge in [-0.05, 0) is 38.5 Å². The van der Waals surface area contributed by atoms with Crippen molar-refractivity contribution in [3.63, 3.8) is 0 Å². The number of carbonyl (C=O) groups is 2. The van der Waals surface area contributed by atoms with E-state index in [0.717, 1.165) is 5.56 Å². The van der Waals surface area contributed by atoms with Crippen LogP contribution in [0.3, 0.4) is 0 Å². The maximum Gasteiger partial charge on any atom is 0.252 e. The molecule has 0 aromatic heterocycles. The molecule has 106 valence electrons. The van der Waals surface area contributed by atoms with Crippen molar-refractivity contribution in [2.45, 2.75) is 26.3 Å². The first-order chi connectivity index (χ1) is 9.27. The van der Waals surface area contributed by atoms with Crippen LogP contribution in [0.5, 0.6) is 0 Å². The number of nitrogens with one attached hydrogen (secondary N) is 1. The second-order valence-electron chi connectivity index (χ2n) is 4.98. The van der Waals surface area contributed by atoms with Gasteiger partial charge in [0, 0.05) is 11.1 Å². The van der Waals surface area contributed by atoms with E-state index >= 15 is 0 Å². The van der Waals surface area contributed by atoms with Crippen molar-refractivity contribution >= 4 is 11.8 Å². The van der Waals surface area contributed by atoms with E-state index in [-0.39, 0.29) is 12.5 Å². The topological polar surface area (TPSA) is 98.2 Å². The third kappa shape index (κ3) is 3.84. The van der Waals surface area contributed by atoms with Gasteiger partial charge in [-0.2, -0.15) is 0 Å². The molecular formula is C15H19N3O2. The summed E-state index contributed by atoms with van der Waals surface area (Å²) in [5.74, 6) is 4.64. The Morgan fingerprint density at radius 2 is 2.00 bits per heavy atom. The summed E-state index contributed by atoms with van der Waals surface area (Å²) >= 11 is 0. The number of hydrogen-bond acceptors (Lipinski definition) is 3. The van der Waals surface area contributed by atoms with Gasteiger partial charge in [-0.15, -0.1) is 0 Å². The van der Waals surface area contributed by atoms with Gasteiger partial charge in [0.1, 0.15) is 5.54 Å². The second-order valence-corrected chi connectivity index (χ2v) is 4.98. The minimum absolute atomic E-state index is 0.254. The molecule has 0 spiro atoms. The number of hydrogen-bond donors (Lipinski definition) is 3. The van der Waals surface area contributed by atoms with E-state index in [0.29, 0.717) is 11.1 Å². The minimum atomic E-state index is -1.11. The van der Waals surface area contributed by atoms with Crippen molar-refractivity contribution in [2.75, 3.05) is 6.54 Å². The molecule has 0 radical (unpaired) electrons. The number of amides is 2. The van der Waals surface area contributed by atoms with E-state index in [1.54, 1.807) is 26.0 Å². The number of benzene rings is 1. The third-order valence-corrected chi connectivity index (χ3v) is 2.86. The van der Waals surface area contributed by atoms with Gasteiger partial charge in [0.05, 0.1) is 6.54 Å². The molecule has 2 amide bonds. The van der Waals surface area contributed by atoms with Crippen LogP contribution in [-0.2, 0) is 4.79 Å². The lowest BCUT2D eigenvalue weighted by atomic mass is 10.0. The normalized spacial score (nSPS) is 10.4. The van der Waals surface area contributed by atoms with Crippen molar-refractivity contribution in [2.24, 2.45) is 11.5 Å². The van der Waals surface area contributed by atoms with Crippen LogP contribution >= 0.6 is 0 Å². The number of nitrogens with two attached hydrogens (primary N) is 2. The molecular weight excluding hydrogens is 254 g/mol. The summed E-state index contributed by atoms with van der Waals surface area (Å²) in [7, 11) is 0. The Morgan fingerprint density at radius 1 is 1.35 bits per heavy atom. The molecule has 0 saturated carbocycles. The van der Waals surface area contributed by atoms with Crippen molar-refractivity contribution in [3.05, 3.63) is 34.9 Å². The lowest BCUT2D eigenvalue weighted by Crippen LogP contribution is -2.53. The smallest absolute Gasteiger partial charge is 0.252 e. The van der Waals surface area contributed by atoms with Crippen LogP contribution in [0.15, 0.2) is 18.2 Å². The summed E-state index contributed by atoms with van der Waals surface area (Å²) in [6.45, 7) is 5.18. The summed E-state index contributed by atoms with van der Waals surface area (Å²) in [6.07, 6.45) is 0. The monoisotopic (exact) mass is 273 g/mol. The molecule has 0 fully saturated rings. The lowest BCUT2D eigenvalue weighted by Gasteiger charge is -2.22. The van der Waals surface area contributed by atoms with E-state index in [4.69, 9.17) is 11.5 Å². The summed E-state index contributed by atoms with van der Waals surface area (Å²) in [5, 5.41) is 2.61. The molecule has 0 aliphatic heterocycles. The number of rotatable bonds is 3. The van der Waals surface area contributed by atoms with E-state index in [1.807, 2.05) is 13.0 Å². The lowest BCUT2D eigenvalue weighted by molar-refractivity contribution is -0.122. The SMILES string of the molecule is Cc1ccc(C#CCN)cc1C(=O)NC(C)(C)C(N)=O. The van der Waals surface area contributed by atoms with Crippen molar-refractivity contribution in [1.29, 1.82) is 0 Å². The average Bonchev–Trinajstić information content (AvgIpc) is 2.37. The number of primary amides is 1. The van der Waals surface area contributed by atoms with Crippen LogP contribution in [0.1, 0.15) is 35.3 Å². The van der Waals surface area contributed by atoms with Gasteiger partial charge in [0.2, 0.25) is 5.91 Å². The highest BCUT2D eigenvalue weighted by Crippen LogP contribution is 2.12. The van der Waals surface area contributed by atoms with E-state index in [1.165, 1.54) is 0 Å². The van der Waals surface area contributed by atoms with E-state index in [2.05, 4.69) is 17.2 Å². The molecule has 5 heteroatoms. The van der Waals surface area contributed by atoms with Gasteiger partial charge < -0.3 is 16.8 Å². The molecule has 0 saturated heterocycles. The second kappa shape index (κ2) is 6.22. The molecule has 5 nitrogen and oxygen atoms in total. The molecule has 1 aromatic rings. The van der Waals surface area contributed by atoms with Gasteiger partial charge in [-0.1, -0.05) is 17.9 Å². The molecule has 1 rings (SSSR count). The van der Waals surface area contributed by atoms with Crippen LogP contribution in [0.4, 0.5) is 0 Å². The zero-order valence-electron chi connectivity index (χ0n) is 11.9. The summed E-state index contributed by atoms with van der Waals surface area (Å²) in [5.41, 5.74) is 11.4. The number of carbonyl (C=O) groups excluding carboxylic acids is 2. The fourth-order valence-electron chi connectivity index (χ4n) is 1.51. The van der Waals surface area contributed by atoms with Crippen LogP contribution in [-0.4, -0.2) is 23.9 Å². The Morgan fingerprint density at radius 3 is 2.55 bits per heavy atom. The summed E-state index contributed by atoms with van der Waals surface area (Å²) in [4.78, 5) is 23.5. The highest BCUT2D eigenvalue weighted by molar-refractivity contribution is 5.99. The van der Waals surface area contributed by atoms with Crippen LogP contribution < -0.4 is 16.8 Å². The molecule has 0 atom stereocenters. The Hall–Kier alpha value is -2.32. The maximum atomic E-state index is 12.2. The Labute approximate surface area is 118 Å². The van der Waals surface area contributed by atoms with E-state index in [9.17, 15) is 9.59 Å². The van der Waals surface area contributed by atoms with Gasteiger partial charge in [-0.25, -0.2) is 0 Å². The predicted molar refractivity (Wildman–Crippen MR) is 77.9 cm³/mol. The first-order valence-electron chi connectivity index (χ1n) is 6.20. The average molecular weight is 273 g/mol. The van der Waals surface area contributed by atoms with Gasteiger partial charge in [0.25, 0.3) is 5.91 Å². The Bertz CT molecular complexity index is 595. The highest BCUT2D eigenvalue weighted by Gasteiger charge is 2.27. The van der Waals surface area contributed by atoms with Crippen molar-refractivity contribution < 1.29 is 9.59 Å². The molecule has 0 aliphatic rings. The van der Waals surface area contributed by atoms with Crippen LogP contribution in [0, 0.1) is 18.8 Å². The molecule has 0 bridgehead atoms. The van der Waals surface area contributed by atoms with Gasteiger partial charge in [0.15, 0.2) is 0 Å².